The third-order valence-electron chi connectivity index (χ3n) is 2.90. The molecule has 0 unspecified atom stereocenters. The fourth-order valence-electron chi connectivity index (χ4n) is 1.86. The maximum Gasteiger partial charge on any atom is 0.471 e. The Morgan fingerprint density at radius 2 is 2.04 bits per heavy atom. The molecule has 118 valence electrons. The Bertz CT molecular complexity index is 859. The van der Waals surface area contributed by atoms with Gasteiger partial charge in [0.05, 0.1) is 16.8 Å². The molecule has 0 bridgehead atoms. The molecule has 1 amide bonds. The molecule has 9 heteroatoms. The minimum Gasteiger partial charge on any atom is -0.436 e. The van der Waals surface area contributed by atoms with E-state index < -0.39 is 12.1 Å². The molecule has 0 aliphatic heterocycles. The molecule has 0 saturated carbocycles. The van der Waals surface area contributed by atoms with Gasteiger partial charge in [-0.05, 0) is 18.2 Å². The quantitative estimate of drug-likeness (QED) is 0.763. The highest BCUT2D eigenvalue weighted by atomic mass is 35.5. The molecule has 0 aliphatic carbocycles. The summed E-state index contributed by atoms with van der Waals surface area (Å²) in [5.74, 6) is -1.96. The van der Waals surface area contributed by atoms with E-state index in [-0.39, 0.29) is 22.2 Å². The number of nitrogens with one attached hydrogen (secondary N) is 1. The number of alkyl halides is 3. The van der Waals surface area contributed by atoms with Crippen LogP contribution in [0.4, 0.5) is 18.9 Å². The van der Waals surface area contributed by atoms with Gasteiger partial charge in [0.1, 0.15) is 5.52 Å². The minimum absolute atomic E-state index is 0.0768. The lowest BCUT2D eigenvalue weighted by molar-refractivity contribution is -0.167. The highest BCUT2D eigenvalue weighted by molar-refractivity contribution is 6.33. The van der Waals surface area contributed by atoms with E-state index in [1.54, 1.807) is 11.4 Å². The molecular formula is C14H7ClF3N3O2. The van der Waals surface area contributed by atoms with Gasteiger partial charge < -0.3 is 9.73 Å². The molecule has 0 saturated heterocycles. The number of hydrogen-bond donors (Lipinski definition) is 1. The Kier molecular flexibility index (Phi) is 3.69. The molecule has 23 heavy (non-hydrogen) atoms. The van der Waals surface area contributed by atoms with Gasteiger partial charge in [-0.25, -0.2) is 4.98 Å². The lowest BCUT2D eigenvalue weighted by Gasteiger charge is -2.09. The number of benzene rings is 1. The van der Waals surface area contributed by atoms with E-state index in [4.69, 9.17) is 16.0 Å². The van der Waals surface area contributed by atoms with Crippen LogP contribution < -0.4 is 5.32 Å². The lowest BCUT2D eigenvalue weighted by Crippen LogP contribution is -2.29. The number of hydrogen-bond acceptors (Lipinski definition) is 4. The second kappa shape index (κ2) is 5.54. The van der Waals surface area contributed by atoms with Gasteiger partial charge in [-0.2, -0.15) is 13.2 Å². The van der Waals surface area contributed by atoms with Crippen molar-refractivity contribution in [2.75, 3.05) is 5.32 Å². The number of amides is 1. The van der Waals surface area contributed by atoms with Crippen LogP contribution in [0.25, 0.3) is 22.6 Å². The molecule has 2 heterocycles. The Hall–Kier alpha value is -2.61. The zero-order valence-corrected chi connectivity index (χ0v) is 11.9. The molecule has 3 rings (SSSR count). The monoisotopic (exact) mass is 341 g/mol. The van der Waals surface area contributed by atoms with Gasteiger partial charge in [0, 0.05) is 18.0 Å². The number of carbonyl (C=O) groups is 1. The topological polar surface area (TPSA) is 68.0 Å². The van der Waals surface area contributed by atoms with Gasteiger partial charge in [0.2, 0.25) is 5.89 Å². The van der Waals surface area contributed by atoms with E-state index in [1.165, 1.54) is 30.6 Å². The van der Waals surface area contributed by atoms with E-state index in [0.717, 1.165) is 0 Å². The molecule has 1 N–H and O–H groups in total. The number of halogens is 4. The summed E-state index contributed by atoms with van der Waals surface area (Å²) in [6.07, 6.45) is -1.99. The fourth-order valence-corrected chi connectivity index (χ4v) is 2.06. The van der Waals surface area contributed by atoms with E-state index in [1.807, 2.05) is 0 Å². The Balaban J connectivity index is 1.99. The van der Waals surface area contributed by atoms with E-state index >= 15 is 0 Å². The summed E-state index contributed by atoms with van der Waals surface area (Å²) in [6, 6.07) is 5.44. The van der Waals surface area contributed by atoms with Gasteiger partial charge in [-0.15, -0.1) is 0 Å². The van der Waals surface area contributed by atoms with Crippen molar-refractivity contribution in [3.8, 4) is 11.5 Å². The number of rotatable bonds is 2. The molecule has 0 aliphatic rings. The van der Waals surface area contributed by atoms with Crippen LogP contribution in [0.3, 0.4) is 0 Å². The summed E-state index contributed by atoms with van der Waals surface area (Å²) in [7, 11) is 0. The summed E-state index contributed by atoms with van der Waals surface area (Å²) < 4.78 is 42.4. The molecular weight excluding hydrogens is 335 g/mol. The van der Waals surface area contributed by atoms with Crippen LogP contribution in [0.1, 0.15) is 0 Å². The molecule has 0 atom stereocenters. The van der Waals surface area contributed by atoms with Crippen LogP contribution in [0.5, 0.6) is 0 Å². The van der Waals surface area contributed by atoms with E-state index in [2.05, 4.69) is 9.97 Å². The molecule has 1 aromatic carbocycles. The van der Waals surface area contributed by atoms with Gasteiger partial charge in [-0.3, -0.25) is 9.78 Å². The van der Waals surface area contributed by atoms with E-state index in [9.17, 15) is 18.0 Å². The summed E-state index contributed by atoms with van der Waals surface area (Å²) >= 11 is 6.03. The molecule has 0 radical (unpaired) electrons. The van der Waals surface area contributed by atoms with Crippen LogP contribution in [-0.4, -0.2) is 22.1 Å². The van der Waals surface area contributed by atoms with Gasteiger partial charge in [-0.1, -0.05) is 11.6 Å². The predicted molar refractivity (Wildman–Crippen MR) is 76.9 cm³/mol. The highest BCUT2D eigenvalue weighted by Gasteiger charge is 2.38. The number of fused-ring (bicyclic) bond motifs is 1. The van der Waals surface area contributed by atoms with Crippen molar-refractivity contribution >= 4 is 34.3 Å². The first-order chi connectivity index (χ1) is 10.8. The molecule has 5 nitrogen and oxygen atoms in total. The third kappa shape index (κ3) is 3.11. The number of oxazole rings is 1. The smallest absolute Gasteiger partial charge is 0.436 e. The predicted octanol–water partition coefficient (Wildman–Crippen LogP) is 4.04. The molecule has 0 spiro atoms. The zero-order valence-electron chi connectivity index (χ0n) is 11.2. The first-order valence-corrected chi connectivity index (χ1v) is 6.61. The summed E-state index contributed by atoms with van der Waals surface area (Å²) in [4.78, 5) is 19.0. The maximum absolute atomic E-state index is 12.3. The van der Waals surface area contributed by atoms with Crippen molar-refractivity contribution < 1.29 is 22.4 Å². The SMILES string of the molecule is O=C(Nc1ccc(Cl)c(-c2nc3cnccc3o2)c1)C(F)(F)F. The third-order valence-corrected chi connectivity index (χ3v) is 3.23. The standard InChI is InChI=1S/C14H7ClF3N3O2/c15-9-2-1-7(20-13(22)14(16,17)18)5-8(9)12-21-10-6-19-4-3-11(10)23-12/h1-6H,(H,20,22). The van der Waals surface area contributed by atoms with Crippen LogP contribution in [0, 0.1) is 0 Å². The average molecular weight is 342 g/mol. The summed E-state index contributed by atoms with van der Waals surface area (Å²) in [5, 5.41) is 1.97. The van der Waals surface area contributed by atoms with Crippen molar-refractivity contribution in [1.82, 2.24) is 9.97 Å². The van der Waals surface area contributed by atoms with Crippen molar-refractivity contribution in [3.05, 3.63) is 41.7 Å². The first-order valence-electron chi connectivity index (χ1n) is 6.23. The van der Waals surface area contributed by atoms with E-state index in [0.29, 0.717) is 11.1 Å². The lowest BCUT2D eigenvalue weighted by atomic mass is 10.2. The van der Waals surface area contributed by atoms with Crippen LogP contribution in [-0.2, 0) is 4.79 Å². The largest absolute Gasteiger partial charge is 0.471 e. The first kappa shape index (κ1) is 15.3. The number of aromatic nitrogens is 2. The highest BCUT2D eigenvalue weighted by Crippen LogP contribution is 2.32. The normalized spacial score (nSPS) is 11.7. The Morgan fingerprint density at radius 3 is 2.74 bits per heavy atom. The van der Waals surface area contributed by atoms with Crippen molar-refractivity contribution in [2.45, 2.75) is 6.18 Å². The van der Waals surface area contributed by atoms with Crippen LogP contribution in [0.2, 0.25) is 5.02 Å². The minimum atomic E-state index is -4.98. The number of pyridine rings is 1. The van der Waals surface area contributed by atoms with Gasteiger partial charge >= 0.3 is 12.1 Å². The number of carbonyl (C=O) groups excluding carboxylic acids is 1. The van der Waals surface area contributed by atoms with Crippen molar-refractivity contribution in [3.63, 3.8) is 0 Å². The second-order valence-electron chi connectivity index (χ2n) is 4.51. The Morgan fingerprint density at radius 1 is 1.26 bits per heavy atom. The molecule has 0 fully saturated rings. The van der Waals surface area contributed by atoms with Crippen LogP contribution >= 0.6 is 11.6 Å². The maximum atomic E-state index is 12.3. The second-order valence-corrected chi connectivity index (χ2v) is 4.92. The van der Waals surface area contributed by atoms with Crippen LogP contribution in [0.15, 0.2) is 41.1 Å². The van der Waals surface area contributed by atoms with Gasteiger partial charge in [0.25, 0.3) is 0 Å². The zero-order chi connectivity index (χ0) is 16.6. The fraction of sp³-hybridized carbons (Fsp3) is 0.0714. The summed E-state index contributed by atoms with van der Waals surface area (Å²) in [6.45, 7) is 0. The average Bonchev–Trinajstić information content (AvgIpc) is 2.91. The number of anilines is 1. The summed E-state index contributed by atoms with van der Waals surface area (Å²) in [5.41, 5.74) is 1.11. The number of nitrogens with zero attached hydrogens (tertiary/aromatic N) is 2. The Labute approximate surface area is 132 Å². The molecule has 2 aromatic heterocycles. The van der Waals surface area contributed by atoms with Gasteiger partial charge in [0.15, 0.2) is 5.58 Å². The van der Waals surface area contributed by atoms with Crippen molar-refractivity contribution in [1.29, 1.82) is 0 Å². The van der Waals surface area contributed by atoms with Crippen molar-refractivity contribution in [2.24, 2.45) is 0 Å². The molecule has 3 aromatic rings.